The van der Waals surface area contributed by atoms with Crippen molar-refractivity contribution in [2.45, 2.75) is 19.4 Å². The molecule has 0 fully saturated rings. The van der Waals surface area contributed by atoms with Gasteiger partial charge in [-0.3, -0.25) is 9.36 Å². The minimum atomic E-state index is -4.73. The van der Waals surface area contributed by atoms with Gasteiger partial charge in [0.1, 0.15) is 0 Å². The number of pyridine rings is 1. The zero-order chi connectivity index (χ0) is 18.3. The number of hydrogen-bond donors (Lipinski definition) is 0. The zero-order valence-corrected chi connectivity index (χ0v) is 9.53. The Bertz CT molecular complexity index is 811. The number of para-hydroxylation sites is 1. The lowest BCUT2D eigenvalue weighted by molar-refractivity contribution is -0.137. The molecule has 0 aliphatic carbocycles. The summed E-state index contributed by atoms with van der Waals surface area (Å²) in [5.74, 6) is 0. The first-order valence-corrected chi connectivity index (χ1v) is 5.25. The van der Waals surface area contributed by atoms with Crippen LogP contribution in [-0.2, 0) is 12.5 Å². The Labute approximate surface area is 115 Å². The van der Waals surface area contributed by atoms with E-state index in [0.717, 1.165) is 36.5 Å². The van der Waals surface area contributed by atoms with Crippen LogP contribution in [0.2, 0.25) is 0 Å². The van der Waals surface area contributed by atoms with Gasteiger partial charge in [-0.2, -0.15) is 13.2 Å². The molecule has 0 bridgehead atoms. The number of nitrogens with zero attached hydrogens (tertiary/aromatic N) is 1. The third-order valence-corrected chi connectivity index (χ3v) is 2.52. The number of alkyl halides is 3. The third kappa shape index (κ3) is 2.70. The van der Waals surface area contributed by atoms with Crippen LogP contribution in [0.25, 0.3) is 5.69 Å². The maximum absolute atomic E-state index is 13.1. The summed E-state index contributed by atoms with van der Waals surface area (Å²) in [6, 6.07) is 6.09. The fourth-order valence-corrected chi connectivity index (χ4v) is 1.67. The lowest BCUT2D eigenvalue weighted by Crippen LogP contribution is -2.21. The fourth-order valence-electron chi connectivity index (χ4n) is 1.67. The van der Waals surface area contributed by atoms with Crippen molar-refractivity contribution in [3.05, 3.63) is 64.1 Å². The molecule has 19 heavy (non-hydrogen) atoms. The van der Waals surface area contributed by atoms with Gasteiger partial charge in [0.15, 0.2) is 0 Å². The van der Waals surface area contributed by atoms with Gasteiger partial charge < -0.3 is 0 Å². The Morgan fingerprint density at radius 3 is 2.68 bits per heavy atom. The molecule has 5 heteroatoms. The second-order valence-electron chi connectivity index (χ2n) is 3.77. The average molecular weight is 272 g/mol. The van der Waals surface area contributed by atoms with Gasteiger partial charge >= 0.3 is 6.18 Å². The number of aromatic nitrogens is 1. The summed E-state index contributed by atoms with van der Waals surface area (Å²) in [4.78, 5) is 12.0. The van der Waals surface area contributed by atoms with E-state index in [9.17, 15) is 18.0 Å². The Hall–Kier alpha value is -2.04. The molecule has 1 aromatic heterocycles. The number of halogens is 3. The first-order chi connectivity index (χ1) is 10.9. The van der Waals surface area contributed by atoms with Gasteiger partial charge in [-0.1, -0.05) is 25.1 Å². The molecule has 0 amide bonds. The van der Waals surface area contributed by atoms with Gasteiger partial charge in [0, 0.05) is 19.1 Å². The summed E-state index contributed by atoms with van der Waals surface area (Å²) in [5.41, 5.74) is -2.84. The normalized spacial score (nSPS) is 16.9. The summed E-state index contributed by atoms with van der Waals surface area (Å²) in [6.07, 6.45) is -6.76. The van der Waals surface area contributed by atoms with Gasteiger partial charge in [-0.15, -0.1) is 0 Å². The van der Waals surface area contributed by atoms with Crippen molar-refractivity contribution in [3.8, 4) is 5.69 Å². The Kier molecular flexibility index (Phi) is 2.12. The Balaban J connectivity index is 2.71. The molecule has 2 rings (SSSR count). The van der Waals surface area contributed by atoms with E-state index < -0.39 is 41.8 Å². The zero-order valence-electron chi connectivity index (χ0n) is 14.5. The van der Waals surface area contributed by atoms with E-state index in [-0.39, 0.29) is 0 Å². The first-order valence-electron chi connectivity index (χ1n) is 7.75. The smallest absolute Gasteiger partial charge is 0.283 e. The minimum Gasteiger partial charge on any atom is -0.283 e. The van der Waals surface area contributed by atoms with E-state index in [1.807, 2.05) is 0 Å². The third-order valence-electron chi connectivity index (χ3n) is 2.52. The van der Waals surface area contributed by atoms with Gasteiger partial charge in [0.25, 0.3) is 5.56 Å². The largest absolute Gasteiger partial charge is 0.418 e. The molecule has 0 aliphatic rings. The highest BCUT2D eigenvalue weighted by Crippen LogP contribution is 2.33. The molecule has 100 valence electrons. The summed E-state index contributed by atoms with van der Waals surface area (Å²) in [6.45, 7) is -3.04. The highest BCUT2D eigenvalue weighted by atomic mass is 19.4. The molecule has 0 N–H and O–H groups in total. The van der Waals surface area contributed by atoms with Crippen molar-refractivity contribution in [2.75, 3.05) is 0 Å². The van der Waals surface area contributed by atoms with Crippen LogP contribution in [0, 0.1) is 0 Å². The van der Waals surface area contributed by atoms with Crippen LogP contribution in [0.4, 0.5) is 13.2 Å². The maximum Gasteiger partial charge on any atom is 0.418 e. The van der Waals surface area contributed by atoms with E-state index in [1.165, 1.54) is 6.07 Å². The molecule has 2 aromatic rings. The molecular formula is C14H12F3NO. The minimum absolute atomic E-state index is 0.418. The van der Waals surface area contributed by atoms with E-state index in [1.54, 1.807) is 0 Å². The summed E-state index contributed by atoms with van der Waals surface area (Å²) in [7, 11) is 0. The predicted octanol–water partition coefficient (Wildman–Crippen LogP) is 3.42. The van der Waals surface area contributed by atoms with Crippen molar-refractivity contribution in [3.63, 3.8) is 0 Å². The SMILES string of the molecule is [2H]C([2H])([2H])C([2H])([2H])c1ccc(=O)n(-c2ccccc2C(F)(F)F)c1. The van der Waals surface area contributed by atoms with Crippen molar-refractivity contribution < 1.29 is 20.0 Å². The highest BCUT2D eigenvalue weighted by Gasteiger charge is 2.33. The van der Waals surface area contributed by atoms with E-state index >= 15 is 0 Å². The van der Waals surface area contributed by atoms with E-state index in [0.29, 0.717) is 4.57 Å². The van der Waals surface area contributed by atoms with Crippen LogP contribution in [0.5, 0.6) is 0 Å². The Morgan fingerprint density at radius 1 is 1.26 bits per heavy atom. The van der Waals surface area contributed by atoms with E-state index in [4.69, 9.17) is 6.85 Å². The molecule has 0 saturated heterocycles. The number of aryl methyl sites for hydroxylation is 1. The van der Waals surface area contributed by atoms with Crippen LogP contribution < -0.4 is 5.56 Å². The van der Waals surface area contributed by atoms with Gasteiger partial charge in [0.05, 0.1) is 11.3 Å². The lowest BCUT2D eigenvalue weighted by Gasteiger charge is -2.14. The van der Waals surface area contributed by atoms with E-state index in [2.05, 4.69) is 0 Å². The fraction of sp³-hybridized carbons (Fsp3) is 0.214. The molecule has 2 nitrogen and oxygen atoms in total. The number of hydrogen-bond acceptors (Lipinski definition) is 1. The van der Waals surface area contributed by atoms with Crippen molar-refractivity contribution in [1.29, 1.82) is 0 Å². The summed E-state index contributed by atoms with van der Waals surface area (Å²) >= 11 is 0. The molecule has 0 spiro atoms. The maximum atomic E-state index is 13.1. The average Bonchev–Trinajstić information content (AvgIpc) is 2.45. The predicted molar refractivity (Wildman–Crippen MR) is 66.4 cm³/mol. The monoisotopic (exact) mass is 272 g/mol. The molecule has 0 saturated carbocycles. The van der Waals surface area contributed by atoms with Crippen molar-refractivity contribution in [2.24, 2.45) is 0 Å². The molecular weight excluding hydrogens is 255 g/mol. The molecule has 0 aliphatic heterocycles. The van der Waals surface area contributed by atoms with Crippen LogP contribution in [0.1, 0.15) is 24.8 Å². The van der Waals surface area contributed by atoms with Crippen molar-refractivity contribution >= 4 is 0 Å². The topological polar surface area (TPSA) is 22.0 Å². The number of benzene rings is 1. The van der Waals surface area contributed by atoms with Crippen LogP contribution in [0.15, 0.2) is 47.4 Å². The lowest BCUT2D eigenvalue weighted by atomic mass is 10.1. The first kappa shape index (κ1) is 8.19. The highest BCUT2D eigenvalue weighted by molar-refractivity contribution is 5.43. The molecule has 0 unspecified atom stereocenters. The second-order valence-corrected chi connectivity index (χ2v) is 3.77. The summed E-state index contributed by atoms with van der Waals surface area (Å²) < 4.78 is 77.0. The van der Waals surface area contributed by atoms with Gasteiger partial charge in [-0.25, -0.2) is 0 Å². The molecule has 1 aromatic carbocycles. The van der Waals surface area contributed by atoms with Gasteiger partial charge in [-0.05, 0) is 24.1 Å². The van der Waals surface area contributed by atoms with Crippen LogP contribution in [-0.4, -0.2) is 4.57 Å². The standard InChI is InChI=1S/C14H12F3NO/c1-2-10-7-8-13(19)18(9-10)12-6-4-3-5-11(12)14(15,16)17/h3-9H,2H2,1H3/i1D3,2D2. The van der Waals surface area contributed by atoms with Crippen LogP contribution in [0.3, 0.4) is 0 Å². The van der Waals surface area contributed by atoms with Gasteiger partial charge in [0.2, 0.25) is 0 Å². The second kappa shape index (κ2) is 4.91. The quantitative estimate of drug-likeness (QED) is 0.821. The molecule has 0 atom stereocenters. The summed E-state index contributed by atoms with van der Waals surface area (Å²) in [5, 5.41) is 0. The molecule has 1 heterocycles. The Morgan fingerprint density at radius 2 is 2.00 bits per heavy atom. The van der Waals surface area contributed by atoms with Crippen molar-refractivity contribution in [1.82, 2.24) is 4.57 Å². The van der Waals surface area contributed by atoms with Crippen LogP contribution >= 0.6 is 0 Å². The molecule has 0 radical (unpaired) electrons. The number of rotatable bonds is 2.